The summed E-state index contributed by atoms with van der Waals surface area (Å²) in [5, 5.41) is 2.31. The summed E-state index contributed by atoms with van der Waals surface area (Å²) in [7, 11) is -1.36. The first-order valence-electron chi connectivity index (χ1n) is 9.71. The van der Waals surface area contributed by atoms with Crippen LogP contribution < -0.4 is 4.74 Å². The van der Waals surface area contributed by atoms with E-state index in [0.717, 1.165) is 33.8 Å². The minimum Gasteiger partial charge on any atom is -0.474 e. The van der Waals surface area contributed by atoms with E-state index in [0.29, 0.717) is 18.7 Å². The van der Waals surface area contributed by atoms with Gasteiger partial charge in [0.2, 0.25) is 5.88 Å². The lowest BCUT2D eigenvalue weighted by Gasteiger charge is -2.33. The highest BCUT2D eigenvalue weighted by Gasteiger charge is 2.34. The van der Waals surface area contributed by atoms with E-state index < -0.39 is 10.1 Å². The third-order valence-corrected chi connectivity index (χ3v) is 6.15. The first kappa shape index (κ1) is 19.0. The Morgan fingerprint density at radius 3 is 2.50 bits per heavy atom. The van der Waals surface area contributed by atoms with Crippen LogP contribution in [0.1, 0.15) is 12.8 Å². The summed E-state index contributed by atoms with van der Waals surface area (Å²) in [6.07, 6.45) is 7.28. The van der Waals surface area contributed by atoms with Crippen molar-refractivity contribution in [3.63, 3.8) is 0 Å². The predicted octanol–water partition coefficient (Wildman–Crippen LogP) is 3.67. The van der Waals surface area contributed by atoms with Crippen molar-refractivity contribution in [3.05, 3.63) is 55.0 Å². The number of benzene rings is 1. The van der Waals surface area contributed by atoms with Gasteiger partial charge in [-0.05, 0) is 23.8 Å². The Morgan fingerprint density at radius 1 is 0.967 bits per heavy atom. The number of aromatic nitrogens is 3. The van der Waals surface area contributed by atoms with Gasteiger partial charge in [0.1, 0.15) is 6.10 Å². The number of rotatable bonds is 5. The molecule has 1 fully saturated rings. The summed E-state index contributed by atoms with van der Waals surface area (Å²) in [5.74, 6) is 0.526. The molecule has 0 atom stereocenters. The molecule has 30 heavy (non-hydrogen) atoms. The molecule has 1 saturated carbocycles. The third-order valence-electron chi connectivity index (χ3n) is 5.53. The summed E-state index contributed by atoms with van der Waals surface area (Å²) in [5.41, 5.74) is 4.37. The Morgan fingerprint density at radius 2 is 1.77 bits per heavy atom. The quantitative estimate of drug-likeness (QED) is 0.456. The molecular weight excluding hydrogens is 402 g/mol. The zero-order chi connectivity index (χ0) is 20.9. The zero-order valence-corrected chi connectivity index (χ0v) is 17.5. The maximum Gasteiger partial charge on any atom is 0.264 e. The number of fused-ring (bicyclic) bond motifs is 3. The fraction of sp³-hybridized carbons (Fsp3) is 0.273. The van der Waals surface area contributed by atoms with Crippen LogP contribution in [0, 0.1) is 0 Å². The van der Waals surface area contributed by atoms with Gasteiger partial charge in [-0.3, -0.25) is 9.17 Å². The Labute approximate surface area is 174 Å². The van der Waals surface area contributed by atoms with Crippen molar-refractivity contribution in [2.45, 2.75) is 25.0 Å². The molecule has 0 amide bonds. The minimum absolute atomic E-state index is 0.0733. The van der Waals surface area contributed by atoms with Crippen molar-refractivity contribution < 1.29 is 17.3 Å². The standard InChI is InChI=1S/C22H21N3O4S/c1-25-20-7-8-23-13-19(20)18-5-3-14(9-21(18)25)15-4-6-22(24-12-15)28-16-10-17(11-16)29-30(2,26)27/h3-9,12-13,16-17H,10-11H2,1-2H3/t16-,17+. The second kappa shape index (κ2) is 7.07. The van der Waals surface area contributed by atoms with Crippen molar-refractivity contribution in [2.75, 3.05) is 6.26 Å². The average Bonchev–Trinajstić information content (AvgIpc) is 2.98. The van der Waals surface area contributed by atoms with Crippen LogP contribution in [-0.4, -0.2) is 41.4 Å². The molecule has 5 rings (SSSR count). The molecule has 7 nitrogen and oxygen atoms in total. The Kier molecular flexibility index (Phi) is 4.48. The highest BCUT2D eigenvalue weighted by atomic mass is 32.2. The predicted molar refractivity (Wildman–Crippen MR) is 115 cm³/mol. The fourth-order valence-electron chi connectivity index (χ4n) is 3.96. The first-order chi connectivity index (χ1) is 14.4. The van der Waals surface area contributed by atoms with Crippen LogP contribution in [-0.2, 0) is 21.3 Å². The Hall–Kier alpha value is -2.97. The lowest BCUT2D eigenvalue weighted by atomic mass is 9.92. The van der Waals surface area contributed by atoms with E-state index in [1.165, 1.54) is 5.39 Å². The molecule has 0 unspecified atom stereocenters. The van der Waals surface area contributed by atoms with Gasteiger partial charge in [-0.15, -0.1) is 0 Å². The van der Waals surface area contributed by atoms with Gasteiger partial charge in [0.15, 0.2) is 0 Å². The van der Waals surface area contributed by atoms with Crippen molar-refractivity contribution >= 4 is 31.9 Å². The molecule has 0 spiro atoms. The van der Waals surface area contributed by atoms with Crippen molar-refractivity contribution in [3.8, 4) is 17.0 Å². The molecule has 154 valence electrons. The van der Waals surface area contributed by atoms with Gasteiger partial charge in [0.05, 0.1) is 17.9 Å². The molecule has 3 aromatic heterocycles. The number of nitrogens with zero attached hydrogens (tertiary/aromatic N) is 3. The van der Waals surface area contributed by atoms with Crippen LogP contribution in [0.25, 0.3) is 32.9 Å². The SMILES string of the molecule is Cn1c2ccncc2c2ccc(-c3ccc(O[C@H]4C[C@@H](OS(C)(=O)=O)C4)nc3)cc21. The maximum absolute atomic E-state index is 11.1. The summed E-state index contributed by atoms with van der Waals surface area (Å²) >= 11 is 0. The van der Waals surface area contributed by atoms with Gasteiger partial charge in [-0.25, -0.2) is 4.98 Å². The second-order valence-corrected chi connectivity index (χ2v) is 9.30. The monoisotopic (exact) mass is 423 g/mol. The molecule has 4 aromatic rings. The smallest absolute Gasteiger partial charge is 0.264 e. The van der Waals surface area contributed by atoms with E-state index in [1.807, 2.05) is 30.6 Å². The highest BCUT2D eigenvalue weighted by Crippen LogP contribution is 2.32. The van der Waals surface area contributed by atoms with Gasteiger partial charge in [-0.1, -0.05) is 12.1 Å². The van der Waals surface area contributed by atoms with E-state index >= 15 is 0 Å². The molecule has 1 aromatic carbocycles. The molecule has 0 bridgehead atoms. The molecule has 0 aliphatic heterocycles. The molecule has 1 aliphatic rings. The van der Waals surface area contributed by atoms with Crippen molar-refractivity contribution in [1.29, 1.82) is 0 Å². The molecular formula is C22H21N3O4S. The first-order valence-corrected chi connectivity index (χ1v) is 11.5. The van der Waals surface area contributed by atoms with E-state index in [9.17, 15) is 8.42 Å². The third kappa shape index (κ3) is 3.53. The summed E-state index contributed by atoms with van der Waals surface area (Å²) in [4.78, 5) is 8.67. The van der Waals surface area contributed by atoms with Crippen LogP contribution in [0.2, 0.25) is 0 Å². The van der Waals surface area contributed by atoms with Crippen LogP contribution >= 0.6 is 0 Å². The van der Waals surface area contributed by atoms with E-state index in [2.05, 4.69) is 39.8 Å². The van der Waals surface area contributed by atoms with E-state index in [4.69, 9.17) is 8.92 Å². The number of pyridine rings is 2. The molecule has 1 aliphatic carbocycles. The van der Waals surface area contributed by atoms with E-state index in [-0.39, 0.29) is 12.2 Å². The topological polar surface area (TPSA) is 83.3 Å². The summed E-state index contributed by atoms with van der Waals surface area (Å²) in [6, 6.07) is 12.2. The van der Waals surface area contributed by atoms with Gasteiger partial charge in [0, 0.05) is 66.4 Å². The van der Waals surface area contributed by atoms with Gasteiger partial charge < -0.3 is 9.30 Å². The number of ether oxygens (including phenoxy) is 1. The number of hydrogen-bond acceptors (Lipinski definition) is 6. The van der Waals surface area contributed by atoms with Crippen LogP contribution in [0.15, 0.2) is 55.0 Å². The largest absolute Gasteiger partial charge is 0.474 e. The molecule has 3 heterocycles. The van der Waals surface area contributed by atoms with Crippen LogP contribution in [0.4, 0.5) is 0 Å². The second-order valence-electron chi connectivity index (χ2n) is 7.70. The van der Waals surface area contributed by atoms with E-state index in [1.54, 1.807) is 6.20 Å². The lowest BCUT2D eigenvalue weighted by Crippen LogP contribution is -2.40. The maximum atomic E-state index is 11.1. The lowest BCUT2D eigenvalue weighted by molar-refractivity contribution is 0.00647. The number of hydrogen-bond donors (Lipinski definition) is 0. The summed E-state index contributed by atoms with van der Waals surface area (Å²) in [6.45, 7) is 0. The molecule has 0 N–H and O–H groups in total. The highest BCUT2D eigenvalue weighted by molar-refractivity contribution is 7.86. The van der Waals surface area contributed by atoms with Gasteiger partial charge in [-0.2, -0.15) is 8.42 Å². The van der Waals surface area contributed by atoms with Crippen molar-refractivity contribution in [1.82, 2.24) is 14.5 Å². The van der Waals surface area contributed by atoms with Gasteiger partial charge in [0.25, 0.3) is 10.1 Å². The van der Waals surface area contributed by atoms with Crippen LogP contribution in [0.5, 0.6) is 5.88 Å². The molecule has 0 radical (unpaired) electrons. The summed E-state index contributed by atoms with van der Waals surface area (Å²) < 4.78 is 35.2. The average molecular weight is 423 g/mol. The van der Waals surface area contributed by atoms with Gasteiger partial charge >= 0.3 is 0 Å². The Balaban J connectivity index is 1.33. The minimum atomic E-state index is -3.42. The Bertz CT molecular complexity index is 1340. The fourth-order valence-corrected chi connectivity index (χ4v) is 4.62. The zero-order valence-electron chi connectivity index (χ0n) is 16.6. The number of aryl methyl sites for hydroxylation is 1. The van der Waals surface area contributed by atoms with Crippen LogP contribution in [0.3, 0.4) is 0 Å². The molecule has 0 saturated heterocycles. The molecule has 8 heteroatoms. The van der Waals surface area contributed by atoms with Crippen molar-refractivity contribution in [2.24, 2.45) is 7.05 Å². The normalized spacial score (nSPS) is 19.1.